The van der Waals surface area contributed by atoms with Crippen LogP contribution in [0.1, 0.15) is 40.8 Å². The molecule has 1 aromatic carbocycles. The lowest BCUT2D eigenvalue weighted by atomic mass is 10.0. The molecule has 0 saturated carbocycles. The van der Waals surface area contributed by atoms with E-state index in [2.05, 4.69) is 6.07 Å². The lowest BCUT2D eigenvalue weighted by Crippen LogP contribution is -2.39. The monoisotopic (exact) mass is 325 g/mol. The molecule has 1 aliphatic rings. The van der Waals surface area contributed by atoms with Gasteiger partial charge in [0.1, 0.15) is 10.7 Å². The Labute approximate surface area is 139 Å². The molecule has 1 unspecified atom stereocenters. The average Bonchev–Trinajstić information content (AvgIpc) is 3.20. The first-order valence-corrected chi connectivity index (χ1v) is 8.83. The lowest BCUT2D eigenvalue weighted by molar-refractivity contribution is 0.0601. The van der Waals surface area contributed by atoms with Crippen molar-refractivity contribution in [2.75, 3.05) is 6.54 Å². The zero-order valence-corrected chi connectivity index (χ0v) is 13.9. The average molecular weight is 325 g/mol. The maximum absolute atomic E-state index is 13.0. The zero-order chi connectivity index (χ0) is 15.8. The number of piperidine rings is 1. The lowest BCUT2D eigenvalue weighted by Gasteiger charge is -2.34. The predicted octanol–water partition coefficient (Wildman–Crippen LogP) is 4.00. The van der Waals surface area contributed by atoms with Gasteiger partial charge in [0.15, 0.2) is 0 Å². The number of aryl methyl sites for hydroxylation is 1. The third-order valence-electron chi connectivity index (χ3n) is 4.52. The summed E-state index contributed by atoms with van der Waals surface area (Å²) in [7, 11) is 1.92. The summed E-state index contributed by atoms with van der Waals surface area (Å²) in [4.78, 5) is 19.8. The number of hydrogen-bond donors (Lipinski definition) is 0. The van der Waals surface area contributed by atoms with E-state index in [0.717, 1.165) is 42.0 Å². The molecule has 118 valence electrons. The molecular weight excluding hydrogens is 306 g/mol. The van der Waals surface area contributed by atoms with E-state index < -0.39 is 0 Å². The van der Waals surface area contributed by atoms with E-state index in [1.54, 1.807) is 11.3 Å². The van der Waals surface area contributed by atoms with Crippen LogP contribution >= 0.6 is 11.3 Å². The normalized spacial score (nSPS) is 18.5. The van der Waals surface area contributed by atoms with E-state index in [4.69, 9.17) is 4.98 Å². The van der Waals surface area contributed by atoms with Gasteiger partial charge in [-0.15, -0.1) is 11.3 Å². The van der Waals surface area contributed by atoms with Crippen LogP contribution in [0.15, 0.2) is 42.6 Å². The number of amides is 1. The molecule has 0 N–H and O–H groups in total. The molecule has 0 bridgehead atoms. The van der Waals surface area contributed by atoms with Gasteiger partial charge in [0.25, 0.3) is 5.91 Å². The molecule has 3 heterocycles. The summed E-state index contributed by atoms with van der Waals surface area (Å²) in [6.45, 7) is 0.810. The maximum atomic E-state index is 13.0. The largest absolute Gasteiger partial charge is 0.347 e. The van der Waals surface area contributed by atoms with Crippen LogP contribution in [-0.4, -0.2) is 26.9 Å². The Kier molecular flexibility index (Phi) is 3.65. The van der Waals surface area contributed by atoms with Crippen LogP contribution in [0.4, 0.5) is 0 Å². The Balaban J connectivity index is 1.70. The molecule has 23 heavy (non-hydrogen) atoms. The number of benzene rings is 1. The van der Waals surface area contributed by atoms with E-state index in [1.807, 2.05) is 53.0 Å². The molecule has 0 radical (unpaired) electrons. The van der Waals surface area contributed by atoms with E-state index in [-0.39, 0.29) is 11.9 Å². The van der Waals surface area contributed by atoms with Crippen molar-refractivity contribution in [3.63, 3.8) is 0 Å². The minimum atomic E-state index is 0.101. The number of carbonyl (C=O) groups is 1. The molecule has 3 aromatic rings. The topological polar surface area (TPSA) is 38.1 Å². The summed E-state index contributed by atoms with van der Waals surface area (Å²) in [5.74, 6) is 0.112. The first kappa shape index (κ1) is 14.5. The van der Waals surface area contributed by atoms with Crippen molar-refractivity contribution in [2.45, 2.75) is 25.3 Å². The number of thiazole rings is 1. The molecule has 1 atom stereocenters. The third-order valence-corrected chi connectivity index (χ3v) is 5.66. The summed E-state index contributed by atoms with van der Waals surface area (Å²) in [5.41, 5.74) is 1.78. The van der Waals surface area contributed by atoms with Crippen molar-refractivity contribution in [2.24, 2.45) is 7.05 Å². The van der Waals surface area contributed by atoms with Crippen molar-refractivity contribution in [3.05, 3.63) is 53.3 Å². The summed E-state index contributed by atoms with van der Waals surface area (Å²) in [5, 5.41) is 1.06. The number of rotatable bonds is 2. The molecule has 1 aliphatic heterocycles. The van der Waals surface area contributed by atoms with Crippen LogP contribution in [0.25, 0.3) is 10.2 Å². The van der Waals surface area contributed by atoms with Crippen molar-refractivity contribution < 1.29 is 4.79 Å². The Morgan fingerprint density at radius 2 is 2.09 bits per heavy atom. The van der Waals surface area contributed by atoms with Gasteiger partial charge in [0.2, 0.25) is 0 Å². The third kappa shape index (κ3) is 2.55. The van der Waals surface area contributed by atoms with Crippen molar-refractivity contribution in [1.29, 1.82) is 0 Å². The zero-order valence-electron chi connectivity index (χ0n) is 13.1. The summed E-state index contributed by atoms with van der Waals surface area (Å²) in [6.07, 6.45) is 5.13. The van der Waals surface area contributed by atoms with Gasteiger partial charge in [0, 0.05) is 19.8 Å². The molecule has 2 aromatic heterocycles. The first-order valence-electron chi connectivity index (χ1n) is 8.02. The Hall–Kier alpha value is -2.14. The van der Waals surface area contributed by atoms with Gasteiger partial charge in [-0.2, -0.15) is 0 Å². The number of nitrogens with zero attached hydrogens (tertiary/aromatic N) is 3. The molecule has 5 heteroatoms. The number of fused-ring (bicyclic) bond motifs is 1. The van der Waals surface area contributed by atoms with Crippen molar-refractivity contribution in [3.8, 4) is 0 Å². The smallest absolute Gasteiger partial charge is 0.271 e. The molecule has 0 aliphatic carbocycles. The molecular formula is C18H19N3OS. The summed E-state index contributed by atoms with van der Waals surface area (Å²) < 4.78 is 3.09. The highest BCUT2D eigenvalue weighted by molar-refractivity contribution is 7.18. The second-order valence-electron chi connectivity index (χ2n) is 6.03. The molecule has 4 rings (SSSR count). The first-order chi connectivity index (χ1) is 11.2. The van der Waals surface area contributed by atoms with E-state index >= 15 is 0 Å². The molecule has 0 spiro atoms. The van der Waals surface area contributed by atoms with E-state index in [9.17, 15) is 4.79 Å². The fraction of sp³-hybridized carbons (Fsp3) is 0.333. The van der Waals surface area contributed by atoms with Gasteiger partial charge in [-0.25, -0.2) is 4.98 Å². The van der Waals surface area contributed by atoms with Crippen LogP contribution in [0.5, 0.6) is 0 Å². The van der Waals surface area contributed by atoms with Gasteiger partial charge < -0.3 is 9.47 Å². The molecule has 1 amide bonds. The Bertz CT molecular complexity index is 818. The van der Waals surface area contributed by atoms with Crippen LogP contribution in [0.3, 0.4) is 0 Å². The number of likely N-dealkylation sites (tertiary alicyclic amines) is 1. The SMILES string of the molecule is Cn1cccc1C(=O)N1CCCCC1c1nc2ccccc2s1. The van der Waals surface area contributed by atoms with Gasteiger partial charge in [-0.1, -0.05) is 12.1 Å². The number of hydrogen-bond acceptors (Lipinski definition) is 3. The fourth-order valence-corrected chi connectivity index (χ4v) is 4.41. The van der Waals surface area contributed by atoms with Crippen LogP contribution in [-0.2, 0) is 7.05 Å². The fourth-order valence-electron chi connectivity index (χ4n) is 3.29. The molecule has 1 saturated heterocycles. The van der Waals surface area contributed by atoms with Crippen LogP contribution in [0, 0.1) is 0 Å². The maximum Gasteiger partial charge on any atom is 0.271 e. The highest BCUT2D eigenvalue weighted by atomic mass is 32.1. The van der Waals surface area contributed by atoms with Crippen LogP contribution < -0.4 is 0 Å². The minimum absolute atomic E-state index is 0.101. The van der Waals surface area contributed by atoms with E-state index in [0.29, 0.717) is 0 Å². The van der Waals surface area contributed by atoms with Gasteiger partial charge in [0.05, 0.1) is 16.3 Å². The van der Waals surface area contributed by atoms with Crippen LogP contribution in [0.2, 0.25) is 0 Å². The molecule has 4 nitrogen and oxygen atoms in total. The highest BCUT2D eigenvalue weighted by Gasteiger charge is 2.31. The summed E-state index contributed by atoms with van der Waals surface area (Å²) in [6, 6.07) is 12.1. The minimum Gasteiger partial charge on any atom is -0.347 e. The second kappa shape index (κ2) is 5.81. The number of carbonyl (C=O) groups excluding carboxylic acids is 1. The van der Waals surface area contributed by atoms with Gasteiger partial charge in [-0.05, 0) is 43.5 Å². The van der Waals surface area contributed by atoms with Gasteiger partial charge in [-0.3, -0.25) is 4.79 Å². The second-order valence-corrected chi connectivity index (χ2v) is 7.10. The van der Waals surface area contributed by atoms with Crippen molar-refractivity contribution >= 4 is 27.5 Å². The predicted molar refractivity (Wildman–Crippen MR) is 92.7 cm³/mol. The highest BCUT2D eigenvalue weighted by Crippen LogP contribution is 2.36. The van der Waals surface area contributed by atoms with Gasteiger partial charge >= 0.3 is 0 Å². The van der Waals surface area contributed by atoms with E-state index in [1.165, 1.54) is 4.70 Å². The standard InChI is InChI=1S/C18H19N3OS/c1-20-11-6-9-15(20)18(22)21-12-5-4-8-14(21)17-19-13-7-2-3-10-16(13)23-17/h2-3,6-7,9-11,14H,4-5,8,12H2,1H3. The number of aromatic nitrogens is 2. The Morgan fingerprint density at radius 1 is 1.22 bits per heavy atom. The Morgan fingerprint density at radius 3 is 2.87 bits per heavy atom. The number of para-hydroxylation sites is 1. The van der Waals surface area contributed by atoms with Crippen molar-refractivity contribution in [1.82, 2.24) is 14.5 Å². The summed E-state index contributed by atoms with van der Waals surface area (Å²) >= 11 is 1.71. The molecule has 1 fully saturated rings. The quantitative estimate of drug-likeness (QED) is 0.714.